The second-order valence-electron chi connectivity index (χ2n) is 4.49. The van der Waals surface area contributed by atoms with Gasteiger partial charge in [-0.1, -0.05) is 0 Å². The lowest BCUT2D eigenvalue weighted by Gasteiger charge is -2.24. The lowest BCUT2D eigenvalue weighted by molar-refractivity contribution is 0.168. The van der Waals surface area contributed by atoms with Gasteiger partial charge in [-0.05, 0) is 37.1 Å². The monoisotopic (exact) mass is 237 g/mol. The fourth-order valence-corrected chi connectivity index (χ4v) is 2.53. The van der Waals surface area contributed by atoms with E-state index in [-0.39, 0.29) is 6.04 Å². The Morgan fingerprint density at radius 3 is 2.94 bits per heavy atom. The highest BCUT2D eigenvalue weighted by molar-refractivity contribution is 5.51. The van der Waals surface area contributed by atoms with Gasteiger partial charge in [0.2, 0.25) is 0 Å². The van der Waals surface area contributed by atoms with Gasteiger partial charge in [0.05, 0.1) is 0 Å². The van der Waals surface area contributed by atoms with Gasteiger partial charge in [0.1, 0.15) is 19.9 Å². The Kier molecular flexibility index (Phi) is 2.89. The molecule has 3 nitrogen and oxygen atoms in total. The highest BCUT2D eigenvalue weighted by atomic mass is 19.1. The van der Waals surface area contributed by atoms with Crippen LogP contribution in [0, 0.1) is 0 Å². The molecular weight excluding hydrogens is 221 g/mol. The van der Waals surface area contributed by atoms with Gasteiger partial charge in [-0.2, -0.15) is 0 Å². The lowest BCUT2D eigenvalue weighted by Crippen LogP contribution is -2.20. The number of rotatable bonds is 2. The van der Waals surface area contributed by atoms with Crippen molar-refractivity contribution in [1.82, 2.24) is 5.32 Å². The first-order valence-corrected chi connectivity index (χ1v) is 6.10. The number of fused-ring (bicyclic) bond motifs is 1. The van der Waals surface area contributed by atoms with E-state index >= 15 is 0 Å². The van der Waals surface area contributed by atoms with Crippen LogP contribution in [0.25, 0.3) is 0 Å². The molecule has 0 aromatic heterocycles. The Labute approximate surface area is 99.9 Å². The molecule has 1 atom stereocenters. The van der Waals surface area contributed by atoms with E-state index in [0.29, 0.717) is 24.5 Å². The van der Waals surface area contributed by atoms with Crippen LogP contribution in [-0.4, -0.2) is 19.8 Å². The van der Waals surface area contributed by atoms with E-state index in [2.05, 4.69) is 5.32 Å². The van der Waals surface area contributed by atoms with E-state index in [0.717, 1.165) is 30.7 Å². The topological polar surface area (TPSA) is 30.5 Å². The number of hydrogen-bond acceptors (Lipinski definition) is 3. The third-order valence-electron chi connectivity index (χ3n) is 3.32. The van der Waals surface area contributed by atoms with Gasteiger partial charge in [-0.3, -0.25) is 0 Å². The minimum Gasteiger partial charge on any atom is -0.486 e. The molecule has 2 aliphatic heterocycles. The van der Waals surface area contributed by atoms with Crippen LogP contribution in [0.5, 0.6) is 11.5 Å². The average molecular weight is 237 g/mol. The predicted octanol–water partition coefficient (Wildman–Crippen LogP) is 2.35. The highest BCUT2D eigenvalue weighted by Crippen LogP contribution is 2.40. The number of nitrogens with one attached hydrogen (secondary N) is 1. The first-order valence-electron chi connectivity index (χ1n) is 6.10. The molecule has 4 heteroatoms. The third kappa shape index (κ3) is 1.97. The minimum atomic E-state index is -0.462. The Balaban J connectivity index is 2.04. The van der Waals surface area contributed by atoms with Crippen molar-refractivity contribution in [2.75, 3.05) is 19.8 Å². The molecule has 0 bridgehead atoms. The van der Waals surface area contributed by atoms with Crippen LogP contribution in [0.2, 0.25) is 0 Å². The molecule has 17 heavy (non-hydrogen) atoms. The van der Waals surface area contributed by atoms with Crippen molar-refractivity contribution in [2.45, 2.75) is 25.6 Å². The Morgan fingerprint density at radius 1 is 1.29 bits per heavy atom. The van der Waals surface area contributed by atoms with Crippen molar-refractivity contribution < 1.29 is 13.9 Å². The third-order valence-corrected chi connectivity index (χ3v) is 3.32. The van der Waals surface area contributed by atoms with E-state index in [9.17, 15) is 4.39 Å². The molecule has 1 fully saturated rings. The van der Waals surface area contributed by atoms with Gasteiger partial charge in [-0.25, -0.2) is 4.39 Å². The van der Waals surface area contributed by atoms with Gasteiger partial charge in [-0.15, -0.1) is 0 Å². The second-order valence-corrected chi connectivity index (χ2v) is 4.49. The van der Waals surface area contributed by atoms with Gasteiger partial charge >= 0.3 is 0 Å². The van der Waals surface area contributed by atoms with Crippen molar-refractivity contribution in [3.8, 4) is 11.5 Å². The summed E-state index contributed by atoms with van der Waals surface area (Å²) in [5.74, 6) is 1.49. The quantitative estimate of drug-likeness (QED) is 0.856. The van der Waals surface area contributed by atoms with Crippen molar-refractivity contribution in [2.24, 2.45) is 0 Å². The number of benzene rings is 1. The average Bonchev–Trinajstić information content (AvgIpc) is 2.91. The molecule has 0 amide bonds. The molecule has 0 aliphatic carbocycles. The number of halogens is 1. The van der Waals surface area contributed by atoms with Crippen molar-refractivity contribution in [3.63, 3.8) is 0 Å². The van der Waals surface area contributed by atoms with Crippen LogP contribution in [0.3, 0.4) is 0 Å². The molecule has 1 aromatic carbocycles. The molecule has 0 saturated carbocycles. The van der Waals surface area contributed by atoms with Gasteiger partial charge < -0.3 is 14.8 Å². The molecule has 1 unspecified atom stereocenters. The lowest BCUT2D eigenvalue weighted by atomic mass is 10.0. The van der Waals surface area contributed by atoms with E-state index < -0.39 is 6.67 Å². The van der Waals surface area contributed by atoms with Crippen LogP contribution in [0.4, 0.5) is 4.39 Å². The normalized spacial score (nSPS) is 22.8. The number of alkyl halides is 1. The van der Waals surface area contributed by atoms with Crippen molar-refractivity contribution in [3.05, 3.63) is 23.3 Å². The van der Waals surface area contributed by atoms with Crippen LogP contribution in [0.1, 0.15) is 30.0 Å². The van der Waals surface area contributed by atoms with Crippen LogP contribution in [0.15, 0.2) is 12.1 Å². The fourth-order valence-electron chi connectivity index (χ4n) is 2.53. The molecule has 3 rings (SSSR count). The molecule has 2 heterocycles. The Morgan fingerprint density at radius 2 is 2.18 bits per heavy atom. The SMILES string of the molecule is FCc1cc2c(c(C3CCCN3)c1)OCCO2. The zero-order chi connectivity index (χ0) is 11.7. The standard InChI is InChI=1S/C13H16FNO2/c14-8-9-6-10(11-2-1-3-15-11)13-12(7-9)16-4-5-17-13/h6-7,11,15H,1-5,8H2. The van der Waals surface area contributed by atoms with Gasteiger partial charge in [0.15, 0.2) is 11.5 Å². The largest absolute Gasteiger partial charge is 0.486 e. The minimum absolute atomic E-state index is 0.275. The molecule has 1 saturated heterocycles. The highest BCUT2D eigenvalue weighted by Gasteiger charge is 2.25. The second kappa shape index (κ2) is 4.53. The summed E-state index contributed by atoms with van der Waals surface area (Å²) < 4.78 is 24.1. The summed E-state index contributed by atoms with van der Waals surface area (Å²) in [5, 5.41) is 3.42. The fraction of sp³-hybridized carbons (Fsp3) is 0.538. The maximum atomic E-state index is 12.8. The molecule has 1 N–H and O–H groups in total. The Bertz CT molecular complexity index is 416. The van der Waals surface area contributed by atoms with E-state index in [1.54, 1.807) is 6.07 Å². The predicted molar refractivity (Wildman–Crippen MR) is 62.2 cm³/mol. The van der Waals surface area contributed by atoms with E-state index in [1.165, 1.54) is 0 Å². The summed E-state index contributed by atoms with van der Waals surface area (Å²) >= 11 is 0. The summed E-state index contributed by atoms with van der Waals surface area (Å²) in [7, 11) is 0. The molecule has 92 valence electrons. The molecule has 0 spiro atoms. The smallest absolute Gasteiger partial charge is 0.166 e. The zero-order valence-corrected chi connectivity index (χ0v) is 9.67. The zero-order valence-electron chi connectivity index (χ0n) is 9.67. The van der Waals surface area contributed by atoms with E-state index in [4.69, 9.17) is 9.47 Å². The summed E-state index contributed by atoms with van der Waals surface area (Å²) in [6.07, 6.45) is 2.23. The summed E-state index contributed by atoms with van der Waals surface area (Å²) in [4.78, 5) is 0. The number of hydrogen-bond donors (Lipinski definition) is 1. The summed E-state index contributed by atoms with van der Waals surface area (Å²) in [6.45, 7) is 1.67. The number of ether oxygens (including phenoxy) is 2. The maximum Gasteiger partial charge on any atom is 0.166 e. The Hall–Kier alpha value is -1.29. The van der Waals surface area contributed by atoms with Crippen molar-refractivity contribution >= 4 is 0 Å². The summed E-state index contributed by atoms with van der Waals surface area (Å²) in [6, 6.07) is 3.92. The van der Waals surface area contributed by atoms with Crippen LogP contribution in [-0.2, 0) is 6.67 Å². The summed E-state index contributed by atoms with van der Waals surface area (Å²) in [5.41, 5.74) is 1.71. The van der Waals surface area contributed by atoms with E-state index in [1.807, 2.05) is 6.07 Å². The molecular formula is C13H16FNO2. The maximum absolute atomic E-state index is 12.8. The first-order chi connectivity index (χ1) is 8.38. The molecule has 2 aliphatic rings. The first kappa shape index (κ1) is 10.8. The molecule has 0 radical (unpaired) electrons. The van der Waals surface area contributed by atoms with Crippen LogP contribution < -0.4 is 14.8 Å². The van der Waals surface area contributed by atoms with Gasteiger partial charge in [0, 0.05) is 11.6 Å². The van der Waals surface area contributed by atoms with Crippen molar-refractivity contribution in [1.29, 1.82) is 0 Å². The molecule has 1 aromatic rings. The van der Waals surface area contributed by atoms with Gasteiger partial charge in [0.25, 0.3) is 0 Å². The van der Waals surface area contributed by atoms with Crippen LogP contribution >= 0.6 is 0 Å².